The van der Waals surface area contributed by atoms with Gasteiger partial charge in [-0.15, -0.1) is 11.6 Å². The summed E-state index contributed by atoms with van der Waals surface area (Å²) in [5.41, 5.74) is 2.93. The van der Waals surface area contributed by atoms with Crippen LogP contribution in [0.4, 0.5) is 5.69 Å². The number of amides is 1. The lowest BCUT2D eigenvalue weighted by Gasteiger charge is -2.06. The predicted octanol–water partition coefficient (Wildman–Crippen LogP) is 3.59. The van der Waals surface area contributed by atoms with Crippen LogP contribution in [0.5, 0.6) is 0 Å². The Morgan fingerprint density at radius 3 is 2.30 bits per heavy atom. The van der Waals surface area contributed by atoms with Crippen molar-refractivity contribution in [2.45, 2.75) is 6.42 Å². The topological polar surface area (TPSA) is 52.9 Å². The zero-order valence-corrected chi connectivity index (χ0v) is 11.5. The molecule has 0 saturated heterocycles. The van der Waals surface area contributed by atoms with E-state index >= 15 is 0 Å². The zero-order chi connectivity index (χ0) is 14.4. The minimum atomic E-state index is -0.195. The van der Waals surface area contributed by atoms with Crippen LogP contribution in [0, 0.1) is 11.3 Å². The van der Waals surface area contributed by atoms with E-state index in [-0.39, 0.29) is 5.91 Å². The van der Waals surface area contributed by atoms with Crippen molar-refractivity contribution < 1.29 is 4.79 Å². The molecule has 0 spiro atoms. The molecule has 0 fully saturated rings. The molecule has 0 saturated carbocycles. The minimum absolute atomic E-state index is 0.195. The number of aryl methyl sites for hydroxylation is 1. The summed E-state index contributed by atoms with van der Waals surface area (Å²) in [7, 11) is 0. The van der Waals surface area contributed by atoms with E-state index in [9.17, 15) is 4.79 Å². The first-order valence-electron chi connectivity index (χ1n) is 6.19. The Balaban J connectivity index is 2.05. The van der Waals surface area contributed by atoms with E-state index in [0.29, 0.717) is 17.0 Å². The molecule has 0 aliphatic carbocycles. The third kappa shape index (κ3) is 3.59. The monoisotopic (exact) mass is 284 g/mol. The van der Waals surface area contributed by atoms with Crippen LogP contribution in [0.15, 0.2) is 48.5 Å². The van der Waals surface area contributed by atoms with Gasteiger partial charge in [-0.25, -0.2) is 0 Å². The SMILES string of the molecule is N#Cc1ccc(C(=O)Nc2ccc(CCCl)cc2)cc1. The summed E-state index contributed by atoms with van der Waals surface area (Å²) in [6.07, 6.45) is 0.811. The molecule has 100 valence electrons. The Kier molecular flexibility index (Phi) is 4.75. The van der Waals surface area contributed by atoms with E-state index in [1.807, 2.05) is 30.3 Å². The van der Waals surface area contributed by atoms with Gasteiger partial charge in [-0.1, -0.05) is 12.1 Å². The van der Waals surface area contributed by atoms with E-state index in [4.69, 9.17) is 16.9 Å². The average molecular weight is 285 g/mol. The van der Waals surface area contributed by atoms with Crippen LogP contribution in [-0.4, -0.2) is 11.8 Å². The molecule has 0 aliphatic rings. The normalized spacial score (nSPS) is 9.80. The summed E-state index contributed by atoms with van der Waals surface area (Å²) in [6.45, 7) is 0. The van der Waals surface area contributed by atoms with Crippen molar-refractivity contribution in [1.82, 2.24) is 0 Å². The maximum atomic E-state index is 12.0. The maximum Gasteiger partial charge on any atom is 0.255 e. The fourth-order valence-electron chi connectivity index (χ4n) is 1.76. The molecule has 0 bridgehead atoms. The number of rotatable bonds is 4. The number of nitriles is 1. The Morgan fingerprint density at radius 1 is 1.10 bits per heavy atom. The number of halogens is 1. The van der Waals surface area contributed by atoms with Crippen molar-refractivity contribution in [3.05, 3.63) is 65.2 Å². The third-order valence-corrected chi connectivity index (χ3v) is 3.06. The molecule has 0 aromatic heterocycles. The number of nitrogens with zero attached hydrogens (tertiary/aromatic N) is 1. The fourth-order valence-corrected chi connectivity index (χ4v) is 1.98. The molecule has 0 radical (unpaired) electrons. The van der Waals surface area contributed by atoms with Crippen LogP contribution in [0.1, 0.15) is 21.5 Å². The molecule has 1 N–H and O–H groups in total. The van der Waals surface area contributed by atoms with Crippen LogP contribution in [-0.2, 0) is 6.42 Å². The Hall–Kier alpha value is -2.31. The highest BCUT2D eigenvalue weighted by molar-refractivity contribution is 6.18. The van der Waals surface area contributed by atoms with E-state index in [0.717, 1.165) is 17.7 Å². The fraction of sp³-hybridized carbons (Fsp3) is 0.125. The van der Waals surface area contributed by atoms with E-state index in [1.54, 1.807) is 24.3 Å². The largest absolute Gasteiger partial charge is 0.322 e. The quantitative estimate of drug-likeness (QED) is 0.872. The van der Waals surface area contributed by atoms with E-state index in [2.05, 4.69) is 5.32 Å². The Labute approximate surface area is 122 Å². The number of anilines is 1. The smallest absolute Gasteiger partial charge is 0.255 e. The second-order valence-corrected chi connectivity index (χ2v) is 4.66. The van der Waals surface area contributed by atoms with Crippen molar-refractivity contribution in [1.29, 1.82) is 5.26 Å². The summed E-state index contributed by atoms with van der Waals surface area (Å²) >= 11 is 5.67. The van der Waals surface area contributed by atoms with Crippen molar-refractivity contribution in [2.24, 2.45) is 0 Å². The Bertz CT molecular complexity index is 627. The molecular formula is C16H13ClN2O. The van der Waals surface area contributed by atoms with Gasteiger partial charge in [0.15, 0.2) is 0 Å². The molecule has 2 rings (SSSR count). The van der Waals surface area contributed by atoms with Crippen LogP contribution in [0.3, 0.4) is 0 Å². The van der Waals surface area contributed by atoms with Gasteiger partial charge in [0.25, 0.3) is 5.91 Å². The van der Waals surface area contributed by atoms with Gasteiger partial charge in [-0.2, -0.15) is 5.26 Å². The van der Waals surface area contributed by atoms with Gasteiger partial charge in [0.05, 0.1) is 11.6 Å². The van der Waals surface area contributed by atoms with Gasteiger partial charge in [0, 0.05) is 17.1 Å². The second-order valence-electron chi connectivity index (χ2n) is 4.28. The van der Waals surface area contributed by atoms with Crippen molar-refractivity contribution >= 4 is 23.2 Å². The van der Waals surface area contributed by atoms with Crippen molar-refractivity contribution in [3.8, 4) is 6.07 Å². The number of nitrogens with one attached hydrogen (secondary N) is 1. The lowest BCUT2D eigenvalue weighted by atomic mass is 10.1. The highest BCUT2D eigenvalue weighted by atomic mass is 35.5. The summed E-state index contributed by atoms with van der Waals surface area (Å²) in [4.78, 5) is 12.0. The van der Waals surface area contributed by atoms with Gasteiger partial charge in [0.1, 0.15) is 0 Å². The highest BCUT2D eigenvalue weighted by Crippen LogP contribution is 2.12. The Morgan fingerprint density at radius 2 is 1.75 bits per heavy atom. The zero-order valence-electron chi connectivity index (χ0n) is 10.8. The van der Waals surface area contributed by atoms with Crippen LogP contribution >= 0.6 is 11.6 Å². The summed E-state index contributed by atoms with van der Waals surface area (Å²) in [5, 5.41) is 11.5. The lowest BCUT2D eigenvalue weighted by Crippen LogP contribution is -2.11. The standard InChI is InChI=1S/C16H13ClN2O/c17-10-9-12-3-7-15(8-4-12)19-16(20)14-5-1-13(11-18)2-6-14/h1-8H,9-10H2,(H,19,20). The first-order valence-corrected chi connectivity index (χ1v) is 6.73. The number of carbonyl (C=O) groups is 1. The number of hydrogen-bond acceptors (Lipinski definition) is 2. The second kappa shape index (κ2) is 6.74. The summed E-state index contributed by atoms with van der Waals surface area (Å²) < 4.78 is 0. The van der Waals surface area contributed by atoms with Gasteiger partial charge >= 0.3 is 0 Å². The van der Waals surface area contributed by atoms with Gasteiger partial charge in [0.2, 0.25) is 0 Å². The molecule has 0 aliphatic heterocycles. The van der Waals surface area contributed by atoms with Gasteiger partial charge in [-0.3, -0.25) is 4.79 Å². The molecule has 3 nitrogen and oxygen atoms in total. The molecular weight excluding hydrogens is 272 g/mol. The maximum absolute atomic E-state index is 12.0. The minimum Gasteiger partial charge on any atom is -0.322 e. The number of alkyl halides is 1. The van der Waals surface area contributed by atoms with Crippen LogP contribution in [0.2, 0.25) is 0 Å². The average Bonchev–Trinajstić information content (AvgIpc) is 2.49. The predicted molar refractivity (Wildman–Crippen MR) is 80.0 cm³/mol. The number of carbonyl (C=O) groups excluding carboxylic acids is 1. The van der Waals surface area contributed by atoms with E-state index in [1.165, 1.54) is 0 Å². The van der Waals surface area contributed by atoms with Gasteiger partial charge < -0.3 is 5.32 Å². The summed E-state index contributed by atoms with van der Waals surface area (Å²) in [6, 6.07) is 16.1. The van der Waals surface area contributed by atoms with Crippen molar-refractivity contribution in [3.63, 3.8) is 0 Å². The summed E-state index contributed by atoms with van der Waals surface area (Å²) in [5.74, 6) is 0.385. The van der Waals surface area contributed by atoms with E-state index < -0.39 is 0 Å². The molecule has 0 heterocycles. The van der Waals surface area contributed by atoms with Crippen LogP contribution in [0.25, 0.3) is 0 Å². The molecule has 0 unspecified atom stereocenters. The number of hydrogen-bond donors (Lipinski definition) is 1. The molecule has 4 heteroatoms. The molecule has 1 amide bonds. The first kappa shape index (κ1) is 14.1. The molecule has 2 aromatic carbocycles. The van der Waals surface area contributed by atoms with Crippen LogP contribution < -0.4 is 5.32 Å². The first-order chi connectivity index (χ1) is 9.72. The third-order valence-electron chi connectivity index (χ3n) is 2.87. The van der Waals surface area contributed by atoms with Gasteiger partial charge in [-0.05, 0) is 48.4 Å². The molecule has 2 aromatic rings. The van der Waals surface area contributed by atoms with Crippen molar-refractivity contribution in [2.75, 3.05) is 11.2 Å². The molecule has 20 heavy (non-hydrogen) atoms. The molecule has 0 atom stereocenters. The highest BCUT2D eigenvalue weighted by Gasteiger charge is 2.05. The number of benzene rings is 2. The lowest BCUT2D eigenvalue weighted by molar-refractivity contribution is 0.102.